The molecular weight excluding hydrogens is 206 g/mol. The second-order valence-corrected chi connectivity index (χ2v) is 3.73. The molecule has 1 atom stereocenters. The number of nitrogens with one attached hydrogen (secondary N) is 1. The van der Waals surface area contributed by atoms with Gasteiger partial charge in [-0.15, -0.1) is 0 Å². The van der Waals surface area contributed by atoms with Gasteiger partial charge in [-0.3, -0.25) is 4.79 Å². The summed E-state index contributed by atoms with van der Waals surface area (Å²) in [6.45, 7) is 1.84. The average Bonchev–Trinajstić information content (AvgIpc) is 2.55. The van der Waals surface area contributed by atoms with Crippen molar-refractivity contribution in [2.24, 2.45) is 5.84 Å². The minimum atomic E-state index is -1.01. The van der Waals surface area contributed by atoms with E-state index in [1.54, 1.807) is 12.1 Å². The van der Waals surface area contributed by atoms with Crippen LogP contribution in [0.1, 0.15) is 18.9 Å². The number of carbonyl (C=O) groups is 2. The lowest BCUT2D eigenvalue weighted by Gasteiger charge is -2.24. The first-order chi connectivity index (χ1) is 7.62. The highest BCUT2D eigenvalue weighted by Crippen LogP contribution is 2.30. The Morgan fingerprint density at radius 2 is 1.94 bits per heavy atom. The number of nitrogens with zero attached hydrogens (tertiary/aromatic N) is 1. The van der Waals surface area contributed by atoms with Crippen LogP contribution in [0.4, 0.5) is 4.79 Å². The lowest BCUT2D eigenvalue weighted by molar-refractivity contribution is -0.132. The first-order valence-corrected chi connectivity index (χ1v) is 5.09. The van der Waals surface area contributed by atoms with Gasteiger partial charge in [0.05, 0.1) is 0 Å². The van der Waals surface area contributed by atoms with E-state index < -0.39 is 17.5 Å². The van der Waals surface area contributed by atoms with Gasteiger partial charge in [-0.25, -0.2) is 10.6 Å². The lowest BCUT2D eigenvalue weighted by atomic mass is 9.87. The van der Waals surface area contributed by atoms with Crippen molar-refractivity contribution in [1.82, 2.24) is 10.3 Å². The Balaban J connectivity index is 2.50. The molecule has 3 N–H and O–H groups in total. The summed E-state index contributed by atoms with van der Waals surface area (Å²) in [5, 5.41) is 3.28. The van der Waals surface area contributed by atoms with Crippen LogP contribution in [0.15, 0.2) is 30.3 Å². The number of nitrogens with two attached hydrogens (primary N) is 1. The van der Waals surface area contributed by atoms with Crippen molar-refractivity contribution in [3.63, 3.8) is 0 Å². The zero-order valence-corrected chi connectivity index (χ0v) is 8.93. The van der Waals surface area contributed by atoms with Gasteiger partial charge in [-0.05, 0) is 12.0 Å². The van der Waals surface area contributed by atoms with E-state index in [9.17, 15) is 9.59 Å². The van der Waals surface area contributed by atoms with Gasteiger partial charge < -0.3 is 5.32 Å². The molecule has 3 amide bonds. The van der Waals surface area contributed by atoms with Crippen LogP contribution in [0, 0.1) is 0 Å². The van der Waals surface area contributed by atoms with E-state index in [1.165, 1.54) is 0 Å². The quantitative estimate of drug-likeness (QED) is 0.437. The van der Waals surface area contributed by atoms with Crippen LogP contribution < -0.4 is 11.2 Å². The smallest absolute Gasteiger partial charge is 0.318 e. The predicted octanol–water partition coefficient (Wildman–Crippen LogP) is 0.717. The monoisotopic (exact) mass is 219 g/mol. The minimum absolute atomic E-state index is 0.411. The van der Waals surface area contributed by atoms with E-state index in [2.05, 4.69) is 5.32 Å². The van der Waals surface area contributed by atoms with Gasteiger partial charge in [-0.1, -0.05) is 37.3 Å². The number of rotatable bonds is 2. The van der Waals surface area contributed by atoms with Crippen LogP contribution in [0.5, 0.6) is 0 Å². The highest BCUT2D eigenvalue weighted by atomic mass is 16.2. The van der Waals surface area contributed by atoms with Gasteiger partial charge in [0.1, 0.15) is 5.54 Å². The van der Waals surface area contributed by atoms with E-state index in [-0.39, 0.29) is 0 Å². The number of amides is 3. The van der Waals surface area contributed by atoms with Crippen LogP contribution in [-0.2, 0) is 10.3 Å². The maximum atomic E-state index is 12.0. The van der Waals surface area contributed by atoms with E-state index in [0.29, 0.717) is 11.4 Å². The third-order valence-corrected chi connectivity index (χ3v) is 2.92. The number of hydrazine groups is 1. The summed E-state index contributed by atoms with van der Waals surface area (Å²) in [4.78, 5) is 23.4. The summed E-state index contributed by atoms with van der Waals surface area (Å²) in [6.07, 6.45) is 0.468. The molecule has 16 heavy (non-hydrogen) atoms. The number of benzene rings is 1. The summed E-state index contributed by atoms with van der Waals surface area (Å²) in [5.41, 5.74) is -0.253. The zero-order chi connectivity index (χ0) is 11.8. The molecule has 0 aromatic heterocycles. The fourth-order valence-corrected chi connectivity index (χ4v) is 1.96. The first-order valence-electron chi connectivity index (χ1n) is 5.09. The van der Waals surface area contributed by atoms with Crippen LogP contribution in [-0.4, -0.2) is 16.9 Å². The van der Waals surface area contributed by atoms with Crippen molar-refractivity contribution < 1.29 is 9.59 Å². The van der Waals surface area contributed by atoms with Crippen LogP contribution >= 0.6 is 0 Å². The number of hydrogen-bond donors (Lipinski definition) is 2. The van der Waals surface area contributed by atoms with Crippen molar-refractivity contribution in [2.75, 3.05) is 0 Å². The summed E-state index contributed by atoms with van der Waals surface area (Å²) >= 11 is 0. The molecule has 1 saturated heterocycles. The van der Waals surface area contributed by atoms with Crippen molar-refractivity contribution in [2.45, 2.75) is 18.9 Å². The van der Waals surface area contributed by atoms with Crippen molar-refractivity contribution in [3.8, 4) is 0 Å². The molecule has 1 fully saturated rings. The molecule has 0 bridgehead atoms. The Morgan fingerprint density at radius 3 is 2.38 bits per heavy atom. The average molecular weight is 219 g/mol. The molecular formula is C11H13N3O2. The van der Waals surface area contributed by atoms with Crippen LogP contribution in [0.2, 0.25) is 0 Å². The van der Waals surface area contributed by atoms with Crippen molar-refractivity contribution >= 4 is 11.9 Å². The molecule has 1 aliphatic heterocycles. The summed E-state index contributed by atoms with van der Waals surface area (Å²) in [5.74, 6) is 4.97. The topological polar surface area (TPSA) is 75.4 Å². The molecule has 2 rings (SSSR count). The molecule has 0 saturated carbocycles. The van der Waals surface area contributed by atoms with Crippen LogP contribution in [0.25, 0.3) is 0 Å². The first kappa shape index (κ1) is 10.6. The molecule has 0 radical (unpaired) electrons. The molecule has 5 nitrogen and oxygen atoms in total. The second-order valence-electron chi connectivity index (χ2n) is 3.73. The molecule has 1 aromatic carbocycles. The fourth-order valence-electron chi connectivity index (χ4n) is 1.96. The normalized spacial score (nSPS) is 24.8. The summed E-state index contributed by atoms with van der Waals surface area (Å²) in [7, 11) is 0. The molecule has 1 unspecified atom stereocenters. The molecule has 1 heterocycles. The van der Waals surface area contributed by atoms with Gasteiger partial charge in [0.2, 0.25) is 0 Å². The standard InChI is InChI=1S/C11H13N3O2/c1-2-11(8-6-4-3-5-7-8)9(15)14(12)10(16)13-11/h3-7H,2,12H2,1H3,(H,13,16). The third kappa shape index (κ3) is 1.29. The number of carbonyl (C=O) groups excluding carboxylic acids is 2. The SMILES string of the molecule is CCC1(c2ccccc2)NC(=O)N(N)C1=O. The van der Waals surface area contributed by atoms with Gasteiger partial charge >= 0.3 is 6.03 Å². The predicted molar refractivity (Wildman–Crippen MR) is 58.0 cm³/mol. The Labute approximate surface area is 93.2 Å². The number of urea groups is 1. The van der Waals surface area contributed by atoms with Gasteiger partial charge in [0.25, 0.3) is 5.91 Å². The molecule has 1 aliphatic rings. The molecule has 5 heteroatoms. The van der Waals surface area contributed by atoms with E-state index >= 15 is 0 Å². The number of hydrogen-bond acceptors (Lipinski definition) is 3. The summed E-state index contributed by atoms with van der Waals surface area (Å²) < 4.78 is 0. The summed E-state index contributed by atoms with van der Waals surface area (Å²) in [6, 6.07) is 8.56. The maximum absolute atomic E-state index is 12.0. The lowest BCUT2D eigenvalue weighted by Crippen LogP contribution is -2.44. The van der Waals surface area contributed by atoms with E-state index in [4.69, 9.17) is 5.84 Å². The van der Waals surface area contributed by atoms with Gasteiger partial charge in [-0.2, -0.15) is 5.01 Å². The Morgan fingerprint density at radius 1 is 1.31 bits per heavy atom. The molecule has 0 aliphatic carbocycles. The molecule has 84 valence electrons. The van der Waals surface area contributed by atoms with Gasteiger partial charge in [0.15, 0.2) is 0 Å². The van der Waals surface area contributed by atoms with E-state index in [0.717, 1.165) is 5.56 Å². The van der Waals surface area contributed by atoms with Crippen LogP contribution in [0.3, 0.4) is 0 Å². The Hall–Kier alpha value is -1.88. The largest absolute Gasteiger partial charge is 0.339 e. The maximum Gasteiger partial charge on any atom is 0.339 e. The van der Waals surface area contributed by atoms with Crippen molar-refractivity contribution in [3.05, 3.63) is 35.9 Å². The van der Waals surface area contributed by atoms with Crippen molar-refractivity contribution in [1.29, 1.82) is 0 Å². The second kappa shape index (κ2) is 3.61. The number of imide groups is 1. The fraction of sp³-hybridized carbons (Fsp3) is 0.273. The Bertz CT molecular complexity index is 432. The highest BCUT2D eigenvalue weighted by molar-refractivity contribution is 6.06. The van der Waals surface area contributed by atoms with E-state index in [1.807, 2.05) is 25.1 Å². The minimum Gasteiger partial charge on any atom is -0.318 e. The highest BCUT2D eigenvalue weighted by Gasteiger charge is 2.50. The third-order valence-electron chi connectivity index (χ3n) is 2.92. The zero-order valence-electron chi connectivity index (χ0n) is 8.93. The molecule has 1 aromatic rings. The molecule has 0 spiro atoms. The van der Waals surface area contributed by atoms with Gasteiger partial charge in [0, 0.05) is 0 Å². The Kier molecular flexibility index (Phi) is 2.40.